The van der Waals surface area contributed by atoms with E-state index in [1.807, 2.05) is 31.2 Å². The molecule has 1 unspecified atom stereocenters. The van der Waals surface area contributed by atoms with E-state index < -0.39 is 0 Å². The lowest BCUT2D eigenvalue weighted by molar-refractivity contribution is 0.778. The summed E-state index contributed by atoms with van der Waals surface area (Å²) in [5.74, 6) is 0. The van der Waals surface area contributed by atoms with Gasteiger partial charge in [0.25, 0.3) is 0 Å². The summed E-state index contributed by atoms with van der Waals surface area (Å²) in [6.45, 7) is 0.955. The lowest BCUT2D eigenvalue weighted by Crippen LogP contribution is -2.14. The van der Waals surface area contributed by atoms with Crippen LogP contribution in [0.1, 0.15) is 10.8 Å². The van der Waals surface area contributed by atoms with Gasteiger partial charge in [-0.05, 0) is 24.7 Å². The zero-order chi connectivity index (χ0) is 11.9. The molecule has 2 aromatic rings. The lowest BCUT2D eigenvalue weighted by atomic mass is 10.1. The molecule has 17 heavy (non-hydrogen) atoms. The third kappa shape index (κ3) is 3.58. The molecule has 1 heterocycles. The first kappa shape index (κ1) is 12.1. The number of nitrogens with one attached hydrogen (secondary N) is 1. The Labute approximate surface area is 106 Å². The van der Waals surface area contributed by atoms with Gasteiger partial charge < -0.3 is 5.32 Å². The number of thioether (sulfide) groups is 1. The summed E-state index contributed by atoms with van der Waals surface area (Å²) in [6.07, 6.45) is 3.67. The Morgan fingerprint density at radius 1 is 1.12 bits per heavy atom. The van der Waals surface area contributed by atoms with E-state index in [1.165, 1.54) is 10.5 Å². The topological polar surface area (TPSA) is 24.9 Å². The Balaban J connectivity index is 2.13. The van der Waals surface area contributed by atoms with Gasteiger partial charge in [-0.1, -0.05) is 30.3 Å². The van der Waals surface area contributed by atoms with Crippen molar-refractivity contribution in [1.82, 2.24) is 10.3 Å². The van der Waals surface area contributed by atoms with Crippen LogP contribution in [-0.2, 0) is 0 Å². The van der Waals surface area contributed by atoms with Crippen LogP contribution < -0.4 is 5.32 Å². The molecule has 0 saturated heterocycles. The van der Waals surface area contributed by atoms with Crippen LogP contribution in [0.5, 0.6) is 0 Å². The number of nitrogens with zero attached hydrogens (tertiary/aromatic N) is 1. The molecule has 1 aromatic heterocycles. The van der Waals surface area contributed by atoms with Crippen LogP contribution in [0.2, 0.25) is 0 Å². The molecule has 2 rings (SSSR count). The molecule has 2 nitrogen and oxygen atoms in total. The highest BCUT2D eigenvalue weighted by Gasteiger charge is 2.11. The van der Waals surface area contributed by atoms with Gasteiger partial charge in [-0.25, -0.2) is 0 Å². The van der Waals surface area contributed by atoms with Crippen LogP contribution in [0.15, 0.2) is 59.8 Å². The molecule has 0 aliphatic heterocycles. The average molecular weight is 244 g/mol. The van der Waals surface area contributed by atoms with Crippen molar-refractivity contribution in [2.75, 3.05) is 13.6 Å². The van der Waals surface area contributed by atoms with Crippen molar-refractivity contribution in [2.45, 2.75) is 10.1 Å². The van der Waals surface area contributed by atoms with Gasteiger partial charge in [0.2, 0.25) is 0 Å². The minimum absolute atomic E-state index is 0.434. The summed E-state index contributed by atoms with van der Waals surface area (Å²) in [6, 6.07) is 14.7. The van der Waals surface area contributed by atoms with E-state index in [4.69, 9.17) is 0 Å². The molecular formula is C14H16N2S. The number of benzene rings is 1. The first-order valence-electron chi connectivity index (χ1n) is 5.66. The van der Waals surface area contributed by atoms with Gasteiger partial charge in [-0.2, -0.15) is 0 Å². The largest absolute Gasteiger partial charge is 0.318 e. The Morgan fingerprint density at radius 2 is 1.82 bits per heavy atom. The SMILES string of the molecule is CNCC(Sc1ccncc1)c1ccccc1. The number of aromatic nitrogens is 1. The van der Waals surface area contributed by atoms with E-state index in [2.05, 4.69) is 52.8 Å². The highest BCUT2D eigenvalue weighted by Crippen LogP contribution is 2.34. The Morgan fingerprint density at radius 3 is 2.47 bits per heavy atom. The maximum atomic E-state index is 4.04. The minimum Gasteiger partial charge on any atom is -0.318 e. The van der Waals surface area contributed by atoms with E-state index in [0.717, 1.165) is 6.54 Å². The second-order valence-electron chi connectivity index (χ2n) is 3.76. The number of hydrogen-bond acceptors (Lipinski definition) is 3. The van der Waals surface area contributed by atoms with E-state index in [-0.39, 0.29) is 0 Å². The summed E-state index contributed by atoms with van der Waals surface area (Å²) >= 11 is 1.86. The molecule has 0 saturated carbocycles. The van der Waals surface area contributed by atoms with Crippen molar-refractivity contribution in [3.05, 3.63) is 60.4 Å². The van der Waals surface area contributed by atoms with Crippen molar-refractivity contribution in [3.8, 4) is 0 Å². The van der Waals surface area contributed by atoms with Gasteiger partial charge in [0.05, 0.1) is 0 Å². The average Bonchev–Trinajstić information content (AvgIpc) is 2.40. The lowest BCUT2D eigenvalue weighted by Gasteiger charge is -2.16. The summed E-state index contributed by atoms with van der Waals surface area (Å²) < 4.78 is 0. The van der Waals surface area contributed by atoms with Crippen LogP contribution in [0.4, 0.5) is 0 Å². The fraction of sp³-hybridized carbons (Fsp3) is 0.214. The van der Waals surface area contributed by atoms with Gasteiger partial charge in [-0.3, -0.25) is 4.98 Å². The van der Waals surface area contributed by atoms with E-state index in [9.17, 15) is 0 Å². The van der Waals surface area contributed by atoms with Gasteiger partial charge in [0.1, 0.15) is 0 Å². The molecule has 0 spiro atoms. The van der Waals surface area contributed by atoms with Crippen molar-refractivity contribution in [2.24, 2.45) is 0 Å². The first-order valence-corrected chi connectivity index (χ1v) is 6.54. The van der Waals surface area contributed by atoms with Gasteiger partial charge in [-0.15, -0.1) is 11.8 Å². The standard InChI is InChI=1S/C14H16N2S/c1-15-11-14(12-5-3-2-4-6-12)17-13-7-9-16-10-8-13/h2-10,14-15H,11H2,1H3. The van der Waals surface area contributed by atoms with E-state index >= 15 is 0 Å². The van der Waals surface area contributed by atoms with Crippen LogP contribution in [0.25, 0.3) is 0 Å². The number of hydrogen-bond donors (Lipinski definition) is 1. The summed E-state index contributed by atoms with van der Waals surface area (Å²) in [7, 11) is 1.99. The van der Waals surface area contributed by atoms with E-state index in [0.29, 0.717) is 5.25 Å². The maximum absolute atomic E-state index is 4.04. The molecule has 3 heteroatoms. The molecule has 1 N–H and O–H groups in total. The molecule has 0 aliphatic rings. The Bertz CT molecular complexity index is 430. The van der Waals surface area contributed by atoms with Crippen molar-refractivity contribution < 1.29 is 0 Å². The Hall–Kier alpha value is -1.32. The molecular weight excluding hydrogens is 228 g/mol. The normalized spacial score (nSPS) is 12.3. The smallest absolute Gasteiger partial charge is 0.0468 e. The maximum Gasteiger partial charge on any atom is 0.0468 e. The number of rotatable bonds is 5. The van der Waals surface area contributed by atoms with Crippen LogP contribution >= 0.6 is 11.8 Å². The third-order valence-electron chi connectivity index (χ3n) is 2.49. The fourth-order valence-electron chi connectivity index (χ4n) is 1.66. The second kappa shape index (κ2) is 6.42. The molecule has 0 radical (unpaired) electrons. The minimum atomic E-state index is 0.434. The summed E-state index contributed by atoms with van der Waals surface area (Å²) in [5.41, 5.74) is 1.35. The second-order valence-corrected chi connectivity index (χ2v) is 5.03. The zero-order valence-electron chi connectivity index (χ0n) is 9.84. The van der Waals surface area contributed by atoms with Gasteiger partial charge in [0, 0.05) is 29.1 Å². The third-order valence-corrected chi connectivity index (χ3v) is 3.76. The molecule has 0 aliphatic carbocycles. The van der Waals surface area contributed by atoms with Crippen LogP contribution in [0.3, 0.4) is 0 Å². The molecule has 1 aromatic carbocycles. The Kier molecular flexibility index (Phi) is 4.59. The predicted molar refractivity (Wildman–Crippen MR) is 73.2 cm³/mol. The van der Waals surface area contributed by atoms with Crippen molar-refractivity contribution >= 4 is 11.8 Å². The first-order chi connectivity index (χ1) is 8.40. The van der Waals surface area contributed by atoms with Crippen LogP contribution in [-0.4, -0.2) is 18.6 Å². The summed E-state index contributed by atoms with van der Waals surface area (Å²) in [4.78, 5) is 5.30. The highest BCUT2D eigenvalue weighted by atomic mass is 32.2. The molecule has 0 amide bonds. The van der Waals surface area contributed by atoms with Gasteiger partial charge >= 0.3 is 0 Å². The van der Waals surface area contributed by atoms with E-state index in [1.54, 1.807) is 0 Å². The number of likely N-dealkylation sites (N-methyl/N-ethyl adjacent to an activating group) is 1. The molecule has 0 bridgehead atoms. The number of pyridine rings is 1. The monoisotopic (exact) mass is 244 g/mol. The fourth-order valence-corrected chi connectivity index (χ4v) is 2.81. The molecule has 1 atom stereocenters. The van der Waals surface area contributed by atoms with Crippen LogP contribution in [0, 0.1) is 0 Å². The molecule has 88 valence electrons. The molecule has 0 fully saturated rings. The zero-order valence-corrected chi connectivity index (χ0v) is 10.7. The highest BCUT2D eigenvalue weighted by molar-refractivity contribution is 7.99. The van der Waals surface area contributed by atoms with Crippen molar-refractivity contribution in [1.29, 1.82) is 0 Å². The van der Waals surface area contributed by atoms with Crippen molar-refractivity contribution in [3.63, 3.8) is 0 Å². The summed E-state index contributed by atoms with van der Waals surface area (Å²) in [5, 5.41) is 3.68. The quantitative estimate of drug-likeness (QED) is 0.818. The van der Waals surface area contributed by atoms with Gasteiger partial charge in [0.15, 0.2) is 0 Å². The predicted octanol–water partition coefficient (Wildman–Crippen LogP) is 3.13.